The van der Waals surface area contributed by atoms with Gasteiger partial charge in [-0.15, -0.1) is 11.3 Å². The minimum absolute atomic E-state index is 0.248. The smallest absolute Gasteiger partial charge is 0.341 e. The number of fused-ring (bicyclic) bond motifs is 1. The monoisotopic (exact) mass is 458 g/mol. The Bertz CT molecular complexity index is 1350. The van der Waals surface area contributed by atoms with Crippen LogP contribution in [-0.2, 0) is 4.74 Å². The zero-order chi connectivity index (χ0) is 23.7. The first-order chi connectivity index (χ1) is 15.7. The predicted molar refractivity (Wildman–Crippen MR) is 134 cm³/mol. The summed E-state index contributed by atoms with van der Waals surface area (Å²) >= 11 is 1.38. The second kappa shape index (κ2) is 9.16. The van der Waals surface area contributed by atoms with Gasteiger partial charge in [-0.1, -0.05) is 48.0 Å². The standard InChI is InChI=1S/C27H26N2O3S/c1-15(2)32-27(31)24-17(4)18(5)33-26(24)29-25(30)21-14-23(19-12-10-16(3)11-13-19)28-22-9-7-6-8-20(21)22/h6-15H,1-5H3,(H,29,30). The zero-order valence-corrected chi connectivity index (χ0v) is 20.2. The number of thiophene rings is 1. The maximum atomic E-state index is 13.5. The Morgan fingerprint density at radius 2 is 1.70 bits per heavy atom. The molecule has 4 rings (SSSR count). The first-order valence-corrected chi connectivity index (χ1v) is 11.7. The van der Waals surface area contributed by atoms with E-state index in [4.69, 9.17) is 9.72 Å². The van der Waals surface area contributed by atoms with Crippen LogP contribution in [0.5, 0.6) is 0 Å². The molecule has 2 aromatic heterocycles. The molecule has 0 aliphatic carbocycles. The van der Waals surface area contributed by atoms with Gasteiger partial charge in [-0.2, -0.15) is 0 Å². The number of ether oxygens (including phenoxy) is 1. The zero-order valence-electron chi connectivity index (χ0n) is 19.4. The summed E-state index contributed by atoms with van der Waals surface area (Å²) in [7, 11) is 0. The van der Waals surface area contributed by atoms with E-state index in [-0.39, 0.29) is 12.0 Å². The molecule has 4 aromatic rings. The Hall–Kier alpha value is -3.51. The molecule has 2 heterocycles. The number of carbonyl (C=O) groups is 2. The first kappa shape index (κ1) is 22.7. The topological polar surface area (TPSA) is 68.3 Å². The lowest BCUT2D eigenvalue weighted by atomic mass is 10.0. The fraction of sp³-hybridized carbons (Fsp3) is 0.222. The predicted octanol–water partition coefficient (Wildman–Crippen LogP) is 6.71. The number of anilines is 1. The van der Waals surface area contributed by atoms with E-state index in [1.807, 2.05) is 75.4 Å². The van der Waals surface area contributed by atoms with Gasteiger partial charge < -0.3 is 10.1 Å². The number of rotatable bonds is 5. The highest BCUT2D eigenvalue weighted by Crippen LogP contribution is 2.34. The van der Waals surface area contributed by atoms with E-state index >= 15 is 0 Å². The molecule has 168 valence electrons. The summed E-state index contributed by atoms with van der Waals surface area (Å²) in [6.45, 7) is 9.44. The normalized spacial score (nSPS) is 11.1. The van der Waals surface area contributed by atoms with E-state index in [2.05, 4.69) is 5.32 Å². The van der Waals surface area contributed by atoms with Crippen molar-refractivity contribution in [3.05, 3.63) is 81.7 Å². The lowest BCUT2D eigenvalue weighted by Gasteiger charge is -2.12. The third-order valence-electron chi connectivity index (χ3n) is 5.47. The Balaban J connectivity index is 1.77. The number of nitrogens with one attached hydrogen (secondary N) is 1. The van der Waals surface area contributed by atoms with Gasteiger partial charge in [0.25, 0.3) is 5.91 Å². The van der Waals surface area contributed by atoms with Crippen LogP contribution in [-0.4, -0.2) is 23.0 Å². The summed E-state index contributed by atoms with van der Waals surface area (Å²) in [5.41, 5.74) is 5.28. The summed E-state index contributed by atoms with van der Waals surface area (Å²) < 4.78 is 5.42. The molecule has 2 aromatic carbocycles. The largest absolute Gasteiger partial charge is 0.459 e. The summed E-state index contributed by atoms with van der Waals surface area (Å²) in [5, 5.41) is 4.22. The van der Waals surface area contributed by atoms with Crippen molar-refractivity contribution >= 4 is 39.1 Å². The number of nitrogens with zero attached hydrogens (tertiary/aromatic N) is 1. The minimum Gasteiger partial charge on any atom is -0.459 e. The molecule has 5 nitrogen and oxygen atoms in total. The molecular formula is C27H26N2O3S. The summed E-state index contributed by atoms with van der Waals surface area (Å²) in [6.07, 6.45) is -0.248. The van der Waals surface area contributed by atoms with Crippen LogP contribution in [0.1, 0.15) is 50.6 Å². The van der Waals surface area contributed by atoms with Crippen LogP contribution in [0.25, 0.3) is 22.2 Å². The quantitative estimate of drug-likeness (QED) is 0.338. The van der Waals surface area contributed by atoms with Gasteiger partial charge in [-0.05, 0) is 52.3 Å². The number of hydrogen-bond acceptors (Lipinski definition) is 5. The third kappa shape index (κ3) is 4.66. The molecule has 0 bridgehead atoms. The highest BCUT2D eigenvalue weighted by atomic mass is 32.1. The lowest BCUT2D eigenvalue weighted by Crippen LogP contribution is -2.17. The molecular weight excluding hydrogens is 432 g/mol. The van der Waals surface area contributed by atoms with E-state index in [0.29, 0.717) is 16.1 Å². The molecule has 0 fully saturated rings. The van der Waals surface area contributed by atoms with Gasteiger partial charge in [0, 0.05) is 15.8 Å². The average molecular weight is 459 g/mol. The van der Waals surface area contributed by atoms with Crippen molar-refractivity contribution in [2.24, 2.45) is 0 Å². The SMILES string of the molecule is Cc1ccc(-c2cc(C(=O)Nc3sc(C)c(C)c3C(=O)OC(C)C)c3ccccc3n2)cc1. The minimum atomic E-state index is -0.429. The Labute approximate surface area is 197 Å². The average Bonchev–Trinajstić information content (AvgIpc) is 3.05. The van der Waals surface area contributed by atoms with E-state index in [1.165, 1.54) is 11.3 Å². The lowest BCUT2D eigenvalue weighted by molar-refractivity contribution is 0.0379. The number of hydrogen-bond donors (Lipinski definition) is 1. The Morgan fingerprint density at radius 3 is 2.39 bits per heavy atom. The third-order valence-corrected chi connectivity index (χ3v) is 6.59. The van der Waals surface area contributed by atoms with E-state index < -0.39 is 5.97 Å². The molecule has 0 radical (unpaired) electrons. The van der Waals surface area contributed by atoms with Gasteiger partial charge in [0.1, 0.15) is 5.00 Å². The van der Waals surface area contributed by atoms with Gasteiger partial charge in [0.2, 0.25) is 0 Å². The molecule has 0 spiro atoms. The van der Waals surface area contributed by atoms with Crippen molar-refractivity contribution in [2.45, 2.75) is 40.7 Å². The molecule has 1 N–H and O–H groups in total. The highest BCUT2D eigenvalue weighted by Gasteiger charge is 2.24. The Morgan fingerprint density at radius 1 is 1.00 bits per heavy atom. The van der Waals surface area contributed by atoms with Crippen molar-refractivity contribution in [1.29, 1.82) is 0 Å². The van der Waals surface area contributed by atoms with Crippen molar-refractivity contribution in [3.63, 3.8) is 0 Å². The molecule has 0 aliphatic heterocycles. The van der Waals surface area contributed by atoms with Gasteiger partial charge in [0.15, 0.2) is 0 Å². The number of aryl methyl sites for hydroxylation is 2. The fourth-order valence-electron chi connectivity index (χ4n) is 3.64. The molecule has 0 unspecified atom stereocenters. The fourth-order valence-corrected chi connectivity index (χ4v) is 4.68. The molecule has 6 heteroatoms. The van der Waals surface area contributed by atoms with Gasteiger partial charge in [0.05, 0.1) is 28.4 Å². The number of esters is 1. The maximum absolute atomic E-state index is 13.5. The molecule has 0 saturated heterocycles. The van der Waals surface area contributed by atoms with E-state index in [9.17, 15) is 9.59 Å². The number of para-hydroxylation sites is 1. The molecule has 33 heavy (non-hydrogen) atoms. The number of aromatic nitrogens is 1. The van der Waals surface area contributed by atoms with Crippen molar-refractivity contribution < 1.29 is 14.3 Å². The van der Waals surface area contributed by atoms with Crippen LogP contribution in [0.2, 0.25) is 0 Å². The number of pyridine rings is 1. The second-order valence-electron chi connectivity index (χ2n) is 8.33. The maximum Gasteiger partial charge on any atom is 0.341 e. The highest BCUT2D eigenvalue weighted by molar-refractivity contribution is 7.16. The van der Waals surface area contributed by atoms with Crippen LogP contribution in [0, 0.1) is 20.8 Å². The summed E-state index contributed by atoms with van der Waals surface area (Å²) in [4.78, 5) is 32.0. The van der Waals surface area contributed by atoms with Gasteiger partial charge in [-0.25, -0.2) is 9.78 Å². The molecule has 0 aliphatic rings. The van der Waals surface area contributed by atoms with Gasteiger partial charge in [-0.3, -0.25) is 4.79 Å². The van der Waals surface area contributed by atoms with Crippen molar-refractivity contribution in [3.8, 4) is 11.3 Å². The number of amides is 1. The number of benzene rings is 2. The van der Waals surface area contributed by atoms with Crippen LogP contribution >= 0.6 is 11.3 Å². The van der Waals surface area contributed by atoms with Crippen LogP contribution in [0.15, 0.2) is 54.6 Å². The number of carbonyl (C=O) groups excluding carboxylic acids is 2. The van der Waals surface area contributed by atoms with E-state index in [1.54, 1.807) is 13.8 Å². The molecule has 0 saturated carbocycles. The van der Waals surface area contributed by atoms with Crippen LogP contribution in [0.3, 0.4) is 0 Å². The van der Waals surface area contributed by atoms with Crippen LogP contribution in [0.4, 0.5) is 5.00 Å². The molecule has 0 atom stereocenters. The van der Waals surface area contributed by atoms with Crippen LogP contribution < -0.4 is 5.32 Å². The second-order valence-corrected chi connectivity index (χ2v) is 9.56. The first-order valence-electron chi connectivity index (χ1n) is 10.8. The van der Waals surface area contributed by atoms with Crippen molar-refractivity contribution in [2.75, 3.05) is 5.32 Å². The molecule has 1 amide bonds. The van der Waals surface area contributed by atoms with E-state index in [0.717, 1.165) is 38.2 Å². The van der Waals surface area contributed by atoms with Crippen molar-refractivity contribution in [1.82, 2.24) is 4.98 Å². The Kier molecular flexibility index (Phi) is 6.29. The summed E-state index contributed by atoms with van der Waals surface area (Å²) in [5.74, 6) is -0.719. The summed E-state index contributed by atoms with van der Waals surface area (Å²) in [6, 6.07) is 17.4. The van der Waals surface area contributed by atoms with Gasteiger partial charge >= 0.3 is 5.97 Å².